The predicted octanol–water partition coefficient (Wildman–Crippen LogP) is 1.71. The van der Waals surface area contributed by atoms with Crippen LogP contribution >= 0.6 is 0 Å². The molecule has 0 saturated carbocycles. The number of ether oxygens (including phenoxy) is 2. The van der Waals surface area contributed by atoms with E-state index in [1.54, 1.807) is 6.92 Å². The van der Waals surface area contributed by atoms with Crippen molar-refractivity contribution in [2.24, 2.45) is 0 Å². The lowest BCUT2D eigenvalue weighted by molar-refractivity contribution is 0.0401. The maximum Gasteiger partial charge on any atom is 0.516 e. The Balaban J connectivity index is 2.61. The number of benzene rings is 1. The lowest BCUT2D eigenvalue weighted by Crippen LogP contribution is -2.13. The lowest BCUT2D eigenvalue weighted by Gasteiger charge is -2.02. The standard InChI is InChI=1S/C10H10O5/c1-2-14-10(13)15-9(12)7-3-5-8(11)6-4-7/h3-6,11H,2H2,1H3. The van der Waals surface area contributed by atoms with Gasteiger partial charge in [-0.25, -0.2) is 9.59 Å². The second-order valence-corrected chi connectivity index (χ2v) is 2.62. The second kappa shape index (κ2) is 4.99. The number of esters is 1. The van der Waals surface area contributed by atoms with Gasteiger partial charge in [0.2, 0.25) is 0 Å². The zero-order valence-corrected chi connectivity index (χ0v) is 8.10. The molecule has 0 atom stereocenters. The van der Waals surface area contributed by atoms with Gasteiger partial charge in [-0.3, -0.25) is 0 Å². The minimum atomic E-state index is -1.03. The SMILES string of the molecule is CCOC(=O)OC(=O)c1ccc(O)cc1. The topological polar surface area (TPSA) is 72.8 Å². The van der Waals surface area contributed by atoms with Crippen LogP contribution in [0.1, 0.15) is 17.3 Å². The molecule has 0 aliphatic carbocycles. The van der Waals surface area contributed by atoms with Crippen LogP contribution in [0.3, 0.4) is 0 Å². The monoisotopic (exact) mass is 210 g/mol. The largest absolute Gasteiger partial charge is 0.516 e. The first-order valence-electron chi connectivity index (χ1n) is 4.31. The van der Waals surface area contributed by atoms with Crippen LogP contribution in [-0.4, -0.2) is 23.8 Å². The van der Waals surface area contributed by atoms with Gasteiger partial charge < -0.3 is 14.6 Å². The highest BCUT2D eigenvalue weighted by molar-refractivity contribution is 5.95. The third-order valence-corrected chi connectivity index (χ3v) is 1.54. The Bertz CT molecular complexity index is 355. The van der Waals surface area contributed by atoms with E-state index in [1.807, 2.05) is 0 Å². The van der Waals surface area contributed by atoms with E-state index in [2.05, 4.69) is 9.47 Å². The summed E-state index contributed by atoms with van der Waals surface area (Å²) in [6.07, 6.45) is -1.03. The van der Waals surface area contributed by atoms with Crippen molar-refractivity contribution in [1.82, 2.24) is 0 Å². The number of phenolic OH excluding ortho intramolecular Hbond substituents is 1. The first kappa shape index (κ1) is 11.0. The van der Waals surface area contributed by atoms with Gasteiger partial charge in [0.25, 0.3) is 0 Å². The molecular formula is C10H10O5. The summed E-state index contributed by atoms with van der Waals surface area (Å²) in [7, 11) is 0. The van der Waals surface area contributed by atoms with Crippen LogP contribution in [0.25, 0.3) is 0 Å². The van der Waals surface area contributed by atoms with Crippen molar-refractivity contribution in [3.8, 4) is 5.75 Å². The quantitative estimate of drug-likeness (QED) is 0.594. The molecule has 5 nitrogen and oxygen atoms in total. The molecule has 0 bridgehead atoms. The summed E-state index contributed by atoms with van der Waals surface area (Å²) in [5.41, 5.74) is 0.167. The molecule has 0 heterocycles. The summed E-state index contributed by atoms with van der Waals surface area (Å²) in [4.78, 5) is 22.0. The Morgan fingerprint density at radius 3 is 2.40 bits per heavy atom. The van der Waals surface area contributed by atoms with E-state index >= 15 is 0 Å². The van der Waals surface area contributed by atoms with Crippen LogP contribution in [-0.2, 0) is 9.47 Å². The fraction of sp³-hybridized carbons (Fsp3) is 0.200. The summed E-state index contributed by atoms with van der Waals surface area (Å²) in [5.74, 6) is -0.781. The highest BCUT2D eigenvalue weighted by Gasteiger charge is 2.13. The smallest absolute Gasteiger partial charge is 0.508 e. The number of phenols is 1. The van der Waals surface area contributed by atoms with Crippen LogP contribution in [0, 0.1) is 0 Å². The average Bonchev–Trinajstić information content (AvgIpc) is 2.18. The molecule has 0 aromatic heterocycles. The van der Waals surface area contributed by atoms with Crippen molar-refractivity contribution in [2.45, 2.75) is 6.92 Å². The summed E-state index contributed by atoms with van der Waals surface area (Å²) in [6, 6.07) is 5.33. The molecule has 1 N–H and O–H groups in total. The Kier molecular flexibility index (Phi) is 3.68. The zero-order valence-electron chi connectivity index (χ0n) is 8.10. The molecule has 1 aromatic rings. The van der Waals surface area contributed by atoms with Crippen molar-refractivity contribution in [1.29, 1.82) is 0 Å². The highest BCUT2D eigenvalue weighted by atomic mass is 16.7. The van der Waals surface area contributed by atoms with Gasteiger partial charge in [0.05, 0.1) is 12.2 Å². The number of hydrogen-bond donors (Lipinski definition) is 1. The van der Waals surface area contributed by atoms with Gasteiger partial charge in [0, 0.05) is 0 Å². The van der Waals surface area contributed by atoms with E-state index in [-0.39, 0.29) is 17.9 Å². The molecule has 0 aliphatic rings. The molecule has 80 valence electrons. The van der Waals surface area contributed by atoms with E-state index in [4.69, 9.17) is 5.11 Å². The third-order valence-electron chi connectivity index (χ3n) is 1.54. The van der Waals surface area contributed by atoms with Crippen molar-refractivity contribution in [3.05, 3.63) is 29.8 Å². The average molecular weight is 210 g/mol. The Hall–Kier alpha value is -2.04. The van der Waals surface area contributed by atoms with Gasteiger partial charge in [-0.2, -0.15) is 0 Å². The molecular weight excluding hydrogens is 200 g/mol. The molecule has 1 rings (SSSR count). The first-order chi connectivity index (χ1) is 7.13. The molecule has 0 saturated heterocycles. The van der Waals surface area contributed by atoms with Crippen molar-refractivity contribution in [2.75, 3.05) is 6.61 Å². The summed E-state index contributed by atoms with van der Waals surface area (Å²) < 4.78 is 8.76. The molecule has 0 amide bonds. The van der Waals surface area contributed by atoms with E-state index in [0.717, 1.165) is 0 Å². The van der Waals surface area contributed by atoms with E-state index in [1.165, 1.54) is 24.3 Å². The third kappa shape index (κ3) is 3.30. The Morgan fingerprint density at radius 2 is 1.87 bits per heavy atom. The fourth-order valence-corrected chi connectivity index (χ4v) is 0.879. The van der Waals surface area contributed by atoms with Crippen LogP contribution in [0.4, 0.5) is 4.79 Å². The zero-order chi connectivity index (χ0) is 11.3. The Morgan fingerprint density at radius 1 is 1.27 bits per heavy atom. The molecule has 1 aromatic carbocycles. The van der Waals surface area contributed by atoms with E-state index in [9.17, 15) is 9.59 Å². The van der Waals surface area contributed by atoms with E-state index in [0.29, 0.717) is 0 Å². The molecule has 0 aliphatic heterocycles. The second-order valence-electron chi connectivity index (χ2n) is 2.62. The molecule has 0 spiro atoms. The number of carbonyl (C=O) groups excluding carboxylic acids is 2. The maximum atomic E-state index is 11.2. The van der Waals surface area contributed by atoms with Crippen molar-refractivity contribution >= 4 is 12.1 Å². The summed E-state index contributed by atoms with van der Waals surface area (Å²) in [6.45, 7) is 1.74. The van der Waals surface area contributed by atoms with Crippen molar-refractivity contribution < 1.29 is 24.2 Å². The molecule has 0 unspecified atom stereocenters. The van der Waals surface area contributed by atoms with Crippen LogP contribution < -0.4 is 0 Å². The minimum Gasteiger partial charge on any atom is -0.508 e. The molecule has 0 radical (unpaired) electrons. The van der Waals surface area contributed by atoms with Crippen LogP contribution in [0.15, 0.2) is 24.3 Å². The predicted molar refractivity (Wildman–Crippen MR) is 50.5 cm³/mol. The lowest BCUT2D eigenvalue weighted by atomic mass is 10.2. The molecule has 0 fully saturated rings. The highest BCUT2D eigenvalue weighted by Crippen LogP contribution is 2.10. The number of aromatic hydroxyl groups is 1. The van der Waals surface area contributed by atoms with Gasteiger partial charge >= 0.3 is 12.1 Å². The minimum absolute atomic E-state index is 0.0303. The number of rotatable bonds is 2. The number of carbonyl (C=O) groups is 2. The normalized spacial score (nSPS) is 9.40. The molecule has 15 heavy (non-hydrogen) atoms. The fourth-order valence-electron chi connectivity index (χ4n) is 0.879. The Labute approximate surface area is 86.2 Å². The van der Waals surface area contributed by atoms with Gasteiger partial charge in [0.1, 0.15) is 5.75 Å². The van der Waals surface area contributed by atoms with E-state index < -0.39 is 12.1 Å². The van der Waals surface area contributed by atoms with Gasteiger partial charge in [-0.1, -0.05) is 0 Å². The van der Waals surface area contributed by atoms with Crippen molar-refractivity contribution in [3.63, 3.8) is 0 Å². The van der Waals surface area contributed by atoms with Gasteiger partial charge in [0.15, 0.2) is 0 Å². The summed E-state index contributed by atoms with van der Waals surface area (Å²) >= 11 is 0. The number of hydrogen-bond acceptors (Lipinski definition) is 5. The van der Waals surface area contributed by atoms with Gasteiger partial charge in [-0.05, 0) is 31.2 Å². The maximum absolute atomic E-state index is 11.2. The van der Waals surface area contributed by atoms with Crippen LogP contribution in [0.5, 0.6) is 5.75 Å². The summed E-state index contributed by atoms with van der Waals surface area (Å²) in [5, 5.41) is 8.96. The van der Waals surface area contributed by atoms with Crippen LogP contribution in [0.2, 0.25) is 0 Å². The van der Waals surface area contributed by atoms with Gasteiger partial charge in [-0.15, -0.1) is 0 Å². The molecule has 5 heteroatoms. The first-order valence-corrected chi connectivity index (χ1v) is 4.31.